The van der Waals surface area contributed by atoms with Gasteiger partial charge in [0.25, 0.3) is 5.78 Å². The van der Waals surface area contributed by atoms with Crippen molar-refractivity contribution in [3.8, 4) is 11.6 Å². The molecule has 0 saturated heterocycles. The summed E-state index contributed by atoms with van der Waals surface area (Å²) in [6, 6.07) is 1.42. The molecule has 0 atom stereocenters. The molecule has 22 heavy (non-hydrogen) atoms. The average Bonchev–Trinajstić information content (AvgIpc) is 3.11. The standard InChI is InChI=1S/C13H11N5O4/c1-6-15-5-18(17-6)12-10-7(9(22-2)4-14-12)3-8(16-10)11(19)13(20)21/h3-5,16H,1-2H3,(H,20,21). The van der Waals surface area contributed by atoms with Crippen molar-refractivity contribution >= 4 is 22.7 Å². The fourth-order valence-corrected chi connectivity index (χ4v) is 2.10. The van der Waals surface area contributed by atoms with Crippen molar-refractivity contribution in [1.29, 1.82) is 0 Å². The number of aliphatic carboxylic acids is 1. The van der Waals surface area contributed by atoms with Gasteiger partial charge < -0.3 is 14.8 Å². The number of carboxylic acid groups (broad SMARTS) is 1. The van der Waals surface area contributed by atoms with Crippen LogP contribution in [0.5, 0.6) is 5.75 Å². The van der Waals surface area contributed by atoms with Crippen LogP contribution < -0.4 is 4.74 Å². The van der Waals surface area contributed by atoms with Gasteiger partial charge in [-0.05, 0) is 13.0 Å². The Morgan fingerprint density at radius 2 is 2.14 bits per heavy atom. The first-order chi connectivity index (χ1) is 10.5. The fourth-order valence-electron chi connectivity index (χ4n) is 2.10. The summed E-state index contributed by atoms with van der Waals surface area (Å²) >= 11 is 0. The van der Waals surface area contributed by atoms with E-state index in [2.05, 4.69) is 20.1 Å². The number of nitrogens with zero attached hydrogens (tertiary/aromatic N) is 4. The highest BCUT2D eigenvalue weighted by Gasteiger charge is 2.21. The van der Waals surface area contributed by atoms with E-state index in [9.17, 15) is 9.59 Å². The molecule has 9 nitrogen and oxygen atoms in total. The third-order valence-electron chi connectivity index (χ3n) is 3.09. The Bertz CT molecular complexity index is 895. The molecule has 0 unspecified atom stereocenters. The van der Waals surface area contributed by atoms with Crippen LogP contribution in [0.25, 0.3) is 16.7 Å². The molecule has 0 aromatic carbocycles. The number of rotatable bonds is 4. The molecule has 3 aromatic rings. The maximum Gasteiger partial charge on any atom is 0.378 e. The summed E-state index contributed by atoms with van der Waals surface area (Å²) in [7, 11) is 1.46. The van der Waals surface area contributed by atoms with Crippen LogP contribution in [-0.4, -0.2) is 48.7 Å². The Hall–Kier alpha value is -3.23. The highest BCUT2D eigenvalue weighted by atomic mass is 16.5. The molecule has 0 spiro atoms. The zero-order valence-electron chi connectivity index (χ0n) is 11.7. The van der Waals surface area contributed by atoms with E-state index >= 15 is 0 Å². The number of ketones is 1. The number of aryl methyl sites for hydroxylation is 1. The Labute approximate surface area is 123 Å². The molecule has 0 aliphatic rings. The molecule has 0 fully saturated rings. The number of pyridine rings is 1. The molecule has 0 bridgehead atoms. The second-order valence-electron chi connectivity index (χ2n) is 4.49. The van der Waals surface area contributed by atoms with E-state index in [4.69, 9.17) is 9.84 Å². The number of methoxy groups -OCH3 is 1. The number of carbonyl (C=O) groups excluding carboxylic acids is 1. The normalized spacial score (nSPS) is 10.8. The van der Waals surface area contributed by atoms with E-state index in [1.807, 2.05) is 0 Å². The average molecular weight is 301 g/mol. The van der Waals surface area contributed by atoms with Crippen molar-refractivity contribution < 1.29 is 19.4 Å². The maximum atomic E-state index is 11.6. The number of fused-ring (bicyclic) bond motifs is 1. The molecule has 9 heteroatoms. The van der Waals surface area contributed by atoms with E-state index in [-0.39, 0.29) is 5.69 Å². The number of Topliss-reactive ketones (excluding diaryl/α,β-unsaturated/α-hetero) is 1. The SMILES string of the molecule is COc1cnc(-n2cnc(C)n2)c2[nH]c(C(=O)C(=O)O)cc12. The van der Waals surface area contributed by atoms with Gasteiger partial charge in [0.15, 0.2) is 5.82 Å². The first-order valence-corrected chi connectivity index (χ1v) is 6.23. The molecule has 0 aliphatic carbocycles. The second-order valence-corrected chi connectivity index (χ2v) is 4.49. The summed E-state index contributed by atoms with van der Waals surface area (Å²) < 4.78 is 6.62. The van der Waals surface area contributed by atoms with Gasteiger partial charge >= 0.3 is 5.97 Å². The summed E-state index contributed by atoms with van der Waals surface area (Å²) in [4.78, 5) is 33.5. The van der Waals surface area contributed by atoms with Crippen molar-refractivity contribution in [1.82, 2.24) is 24.7 Å². The van der Waals surface area contributed by atoms with Gasteiger partial charge in [-0.1, -0.05) is 0 Å². The van der Waals surface area contributed by atoms with Gasteiger partial charge in [-0.15, -0.1) is 0 Å². The van der Waals surface area contributed by atoms with E-state index in [1.165, 1.54) is 30.4 Å². The number of H-pyrrole nitrogens is 1. The molecule has 0 radical (unpaired) electrons. The largest absolute Gasteiger partial charge is 0.494 e. The molecular weight excluding hydrogens is 290 g/mol. The summed E-state index contributed by atoms with van der Waals surface area (Å²) in [5, 5.41) is 13.5. The third kappa shape index (κ3) is 2.08. The molecule has 112 valence electrons. The summed E-state index contributed by atoms with van der Waals surface area (Å²) in [5.41, 5.74) is 0.376. The fraction of sp³-hybridized carbons (Fsp3) is 0.154. The quantitative estimate of drug-likeness (QED) is 0.537. The van der Waals surface area contributed by atoms with Crippen LogP contribution in [0.15, 0.2) is 18.6 Å². The molecule has 0 saturated carbocycles. The number of ether oxygens (including phenoxy) is 1. The van der Waals surface area contributed by atoms with Crippen molar-refractivity contribution in [3.05, 3.63) is 30.1 Å². The molecule has 3 rings (SSSR count). The zero-order valence-corrected chi connectivity index (χ0v) is 11.7. The number of aromatic amines is 1. The first-order valence-electron chi connectivity index (χ1n) is 6.23. The minimum absolute atomic E-state index is 0.0631. The van der Waals surface area contributed by atoms with Crippen LogP contribution in [0.1, 0.15) is 16.3 Å². The van der Waals surface area contributed by atoms with Gasteiger partial charge in [-0.2, -0.15) is 5.10 Å². The Morgan fingerprint density at radius 3 is 2.73 bits per heavy atom. The van der Waals surface area contributed by atoms with Gasteiger partial charge in [0.1, 0.15) is 17.9 Å². The van der Waals surface area contributed by atoms with Gasteiger partial charge in [0.05, 0.1) is 24.5 Å². The zero-order chi connectivity index (χ0) is 15.9. The Morgan fingerprint density at radius 1 is 1.36 bits per heavy atom. The van der Waals surface area contributed by atoms with Crippen LogP contribution in [0, 0.1) is 6.92 Å². The lowest BCUT2D eigenvalue weighted by Crippen LogP contribution is -2.12. The minimum atomic E-state index is -1.54. The summed E-state index contributed by atoms with van der Waals surface area (Å²) in [6.07, 6.45) is 2.95. The number of hydrogen-bond donors (Lipinski definition) is 2. The number of carbonyl (C=O) groups is 2. The van der Waals surface area contributed by atoms with Crippen molar-refractivity contribution in [3.63, 3.8) is 0 Å². The van der Waals surface area contributed by atoms with Crippen LogP contribution in [0.4, 0.5) is 0 Å². The molecule has 0 aliphatic heterocycles. The van der Waals surface area contributed by atoms with Gasteiger partial charge in [-0.3, -0.25) is 4.79 Å². The summed E-state index contributed by atoms with van der Waals surface area (Å²) in [5.74, 6) is -1.23. The highest BCUT2D eigenvalue weighted by molar-refractivity contribution is 6.39. The van der Waals surface area contributed by atoms with Gasteiger partial charge in [0, 0.05) is 5.39 Å². The van der Waals surface area contributed by atoms with Crippen LogP contribution in [-0.2, 0) is 4.79 Å². The van der Waals surface area contributed by atoms with E-state index in [0.29, 0.717) is 28.3 Å². The lowest BCUT2D eigenvalue weighted by atomic mass is 10.2. The molecule has 3 aromatic heterocycles. The lowest BCUT2D eigenvalue weighted by Gasteiger charge is -2.05. The predicted octanol–water partition coefficient (Wildman–Crippen LogP) is 0.728. The predicted molar refractivity (Wildman–Crippen MR) is 74.3 cm³/mol. The minimum Gasteiger partial charge on any atom is -0.494 e. The topological polar surface area (TPSA) is 123 Å². The molecular formula is C13H11N5O4. The third-order valence-corrected chi connectivity index (χ3v) is 3.09. The van der Waals surface area contributed by atoms with Gasteiger partial charge in [-0.25, -0.2) is 19.4 Å². The molecule has 2 N–H and O–H groups in total. The number of carboxylic acids is 1. The lowest BCUT2D eigenvalue weighted by molar-refractivity contribution is -0.131. The van der Waals surface area contributed by atoms with E-state index < -0.39 is 11.8 Å². The monoisotopic (exact) mass is 301 g/mol. The smallest absolute Gasteiger partial charge is 0.378 e. The van der Waals surface area contributed by atoms with Crippen molar-refractivity contribution in [2.45, 2.75) is 6.92 Å². The van der Waals surface area contributed by atoms with E-state index in [1.54, 1.807) is 6.92 Å². The van der Waals surface area contributed by atoms with Crippen molar-refractivity contribution in [2.75, 3.05) is 7.11 Å². The highest BCUT2D eigenvalue weighted by Crippen LogP contribution is 2.29. The Kier molecular flexibility index (Phi) is 3.09. The van der Waals surface area contributed by atoms with Crippen LogP contribution >= 0.6 is 0 Å². The van der Waals surface area contributed by atoms with Crippen molar-refractivity contribution in [2.24, 2.45) is 0 Å². The molecule has 3 heterocycles. The number of aromatic nitrogens is 5. The Balaban J connectivity index is 2.26. The van der Waals surface area contributed by atoms with E-state index in [0.717, 1.165) is 0 Å². The summed E-state index contributed by atoms with van der Waals surface area (Å²) in [6.45, 7) is 1.73. The van der Waals surface area contributed by atoms with Crippen LogP contribution in [0.2, 0.25) is 0 Å². The maximum absolute atomic E-state index is 11.6. The molecule has 0 amide bonds. The number of nitrogens with one attached hydrogen (secondary N) is 1. The van der Waals surface area contributed by atoms with Gasteiger partial charge in [0.2, 0.25) is 0 Å². The van der Waals surface area contributed by atoms with Crippen LogP contribution in [0.3, 0.4) is 0 Å². The number of hydrogen-bond acceptors (Lipinski definition) is 6. The second kappa shape index (κ2) is 4.95. The first kappa shape index (κ1) is 13.7.